The number of primary amides is 1. The van der Waals surface area contributed by atoms with Gasteiger partial charge in [0.15, 0.2) is 6.10 Å². The van der Waals surface area contributed by atoms with Crippen LogP contribution in [0.25, 0.3) is 0 Å². The fourth-order valence-electron chi connectivity index (χ4n) is 3.48. The Bertz CT molecular complexity index is 1190. The molecule has 3 rings (SSSR count). The predicted octanol–water partition coefficient (Wildman–Crippen LogP) is -1.49. The van der Waals surface area contributed by atoms with Gasteiger partial charge >= 0.3 is 24.1 Å². The van der Waals surface area contributed by atoms with Crippen molar-refractivity contribution in [2.75, 3.05) is 24.3 Å². The number of hydrogen-bond acceptors (Lipinski definition) is 11. The van der Waals surface area contributed by atoms with Gasteiger partial charge in [-0.3, -0.25) is 24.6 Å². The third-order valence-electron chi connectivity index (χ3n) is 5.37. The summed E-state index contributed by atoms with van der Waals surface area (Å²) in [5.74, 6) is -4.31. The molecule has 17 heteroatoms. The maximum atomic E-state index is 12.7. The van der Waals surface area contributed by atoms with Gasteiger partial charge in [0.25, 0.3) is 11.8 Å². The number of nitrogens with two attached hydrogens (primary N) is 2. The molecule has 0 aromatic heterocycles. The zero-order valence-electron chi connectivity index (χ0n) is 19.4. The third kappa shape index (κ3) is 6.31. The summed E-state index contributed by atoms with van der Waals surface area (Å²) in [5, 5.41) is 32.6. The summed E-state index contributed by atoms with van der Waals surface area (Å²) < 4.78 is 9.32. The number of amides is 4. The minimum Gasteiger partial charge on any atom is -0.480 e. The van der Waals surface area contributed by atoms with Gasteiger partial charge in [-0.1, -0.05) is 12.1 Å². The lowest BCUT2D eigenvalue weighted by Gasteiger charge is -2.49. The van der Waals surface area contributed by atoms with Gasteiger partial charge in [0.1, 0.15) is 36.4 Å². The van der Waals surface area contributed by atoms with Gasteiger partial charge in [-0.05, 0) is 17.7 Å². The average Bonchev–Trinajstić information content (AvgIpc) is 2.87. The quantitative estimate of drug-likeness (QED) is 0.163. The van der Waals surface area contributed by atoms with E-state index in [2.05, 4.69) is 20.1 Å². The summed E-state index contributed by atoms with van der Waals surface area (Å²) in [6, 6.07) is 2.84. The molecule has 2 aliphatic heterocycles. The van der Waals surface area contributed by atoms with Gasteiger partial charge in [0.05, 0.1) is 0 Å². The molecular weight excluding hydrogens is 530 g/mol. The molecule has 0 aliphatic carbocycles. The summed E-state index contributed by atoms with van der Waals surface area (Å²) in [5.41, 5.74) is 10.3. The number of benzene rings is 1. The Labute approximate surface area is 217 Å². The largest absolute Gasteiger partial charge is 0.480 e. The van der Waals surface area contributed by atoms with Gasteiger partial charge in [-0.25, -0.2) is 14.4 Å². The standard InChI is InChI=1S/C21H23N5O11S/c22-11(18(30)31)6-37-21(35)24-10-3-1-8(2-4-10)14(27)15(28)25-12-16(29)26-13(19(32)33)9(5-36-20(23)34)7-38-17(12)26/h1-4,11-12,14,17,27H,5-7,22H2,(H2,23,34)(H,24,35)(H,25,28)(H,30,31)(H,32,33)/t11-,12-,14-,17+/m1/s1. The van der Waals surface area contributed by atoms with E-state index in [9.17, 15) is 39.0 Å². The van der Waals surface area contributed by atoms with Crippen molar-refractivity contribution >= 4 is 53.4 Å². The van der Waals surface area contributed by atoms with E-state index >= 15 is 0 Å². The molecule has 0 unspecified atom stereocenters. The molecule has 1 aromatic rings. The second-order valence-electron chi connectivity index (χ2n) is 7.95. The summed E-state index contributed by atoms with van der Waals surface area (Å²) >= 11 is 1.13. The summed E-state index contributed by atoms with van der Waals surface area (Å²) in [7, 11) is 0. The number of ether oxygens (including phenoxy) is 2. The Hall–Kier alpha value is -4.35. The number of aliphatic hydroxyl groups excluding tert-OH is 1. The molecular formula is C21H23N5O11S. The number of aliphatic hydroxyl groups is 1. The number of carboxylic acid groups (broad SMARTS) is 2. The SMILES string of the molecule is NC(=O)OCC1=C(C(=O)O)N2C(=O)[C@@H](NC(=O)[C@H](O)c3ccc(NC(=O)OC[C@@H](N)C(=O)O)cc3)[C@@H]2SC1. The van der Waals surface area contributed by atoms with Crippen molar-refractivity contribution in [1.82, 2.24) is 10.2 Å². The van der Waals surface area contributed by atoms with E-state index in [0.29, 0.717) is 0 Å². The third-order valence-corrected chi connectivity index (χ3v) is 6.71. The van der Waals surface area contributed by atoms with Crippen molar-refractivity contribution in [3.05, 3.63) is 41.1 Å². The van der Waals surface area contributed by atoms with Crippen LogP contribution >= 0.6 is 11.8 Å². The summed E-state index contributed by atoms with van der Waals surface area (Å²) in [6.45, 7) is -0.963. The van der Waals surface area contributed by atoms with E-state index in [0.717, 1.165) is 16.7 Å². The monoisotopic (exact) mass is 553 g/mol. The number of carbonyl (C=O) groups excluding carboxylic acids is 4. The molecule has 0 radical (unpaired) electrons. The minimum absolute atomic E-state index is 0.0947. The molecule has 2 aliphatic rings. The minimum atomic E-state index is -1.70. The maximum absolute atomic E-state index is 12.7. The molecule has 1 saturated heterocycles. The van der Waals surface area contributed by atoms with Crippen LogP contribution in [0.4, 0.5) is 15.3 Å². The van der Waals surface area contributed by atoms with E-state index in [1.807, 2.05) is 0 Å². The van der Waals surface area contributed by atoms with Crippen LogP contribution in [0.5, 0.6) is 0 Å². The molecule has 9 N–H and O–H groups in total. The molecule has 0 spiro atoms. The van der Waals surface area contributed by atoms with Crippen LogP contribution in [0, 0.1) is 0 Å². The Balaban J connectivity index is 1.58. The molecule has 204 valence electrons. The van der Waals surface area contributed by atoms with Crippen LogP contribution < -0.4 is 22.1 Å². The second kappa shape index (κ2) is 11.8. The summed E-state index contributed by atoms with van der Waals surface area (Å²) in [6.07, 6.45) is -3.77. The van der Waals surface area contributed by atoms with E-state index in [4.69, 9.17) is 16.6 Å². The number of fused-ring (bicyclic) bond motifs is 1. The Morgan fingerprint density at radius 3 is 2.37 bits per heavy atom. The van der Waals surface area contributed by atoms with Crippen LogP contribution in [0.15, 0.2) is 35.5 Å². The molecule has 38 heavy (non-hydrogen) atoms. The first-order valence-electron chi connectivity index (χ1n) is 10.7. The lowest BCUT2D eigenvalue weighted by Crippen LogP contribution is -2.71. The fourth-order valence-corrected chi connectivity index (χ4v) is 4.80. The van der Waals surface area contributed by atoms with Crippen LogP contribution in [0.3, 0.4) is 0 Å². The lowest BCUT2D eigenvalue weighted by atomic mass is 10.0. The molecule has 1 fully saturated rings. The molecule has 0 saturated carbocycles. The van der Waals surface area contributed by atoms with E-state index in [1.54, 1.807) is 0 Å². The maximum Gasteiger partial charge on any atom is 0.411 e. The van der Waals surface area contributed by atoms with Gasteiger partial charge < -0.3 is 41.6 Å². The number of rotatable bonds is 10. The molecule has 16 nitrogen and oxygen atoms in total. The van der Waals surface area contributed by atoms with Crippen LogP contribution in [0.2, 0.25) is 0 Å². The smallest absolute Gasteiger partial charge is 0.411 e. The first kappa shape index (κ1) is 28.2. The van der Waals surface area contributed by atoms with E-state index in [1.165, 1.54) is 24.3 Å². The predicted molar refractivity (Wildman–Crippen MR) is 127 cm³/mol. The number of nitrogens with zero attached hydrogens (tertiary/aromatic N) is 1. The highest BCUT2D eigenvalue weighted by Crippen LogP contribution is 2.40. The number of hydrogen-bond donors (Lipinski definition) is 7. The van der Waals surface area contributed by atoms with Crippen LogP contribution in [0.1, 0.15) is 11.7 Å². The van der Waals surface area contributed by atoms with Crippen molar-refractivity contribution in [1.29, 1.82) is 0 Å². The number of β-lactam (4-membered cyclic amide) rings is 1. The number of carbonyl (C=O) groups is 6. The van der Waals surface area contributed by atoms with E-state index in [-0.39, 0.29) is 28.3 Å². The first-order valence-corrected chi connectivity index (χ1v) is 11.8. The highest BCUT2D eigenvalue weighted by molar-refractivity contribution is 8.00. The number of aliphatic carboxylic acids is 2. The first-order chi connectivity index (χ1) is 17.9. The number of carboxylic acids is 2. The van der Waals surface area contributed by atoms with Gasteiger partial charge in [0, 0.05) is 17.0 Å². The van der Waals surface area contributed by atoms with Crippen molar-refractivity contribution < 1.29 is 53.6 Å². The Morgan fingerprint density at radius 1 is 1.13 bits per heavy atom. The van der Waals surface area contributed by atoms with Crippen molar-refractivity contribution in [2.45, 2.75) is 23.6 Å². The van der Waals surface area contributed by atoms with Crippen molar-refractivity contribution in [3.63, 3.8) is 0 Å². The topological polar surface area (TPSA) is 261 Å². The molecule has 4 atom stereocenters. The Kier molecular flexibility index (Phi) is 8.76. The molecule has 1 aromatic carbocycles. The van der Waals surface area contributed by atoms with Crippen molar-refractivity contribution in [2.24, 2.45) is 11.5 Å². The highest BCUT2D eigenvalue weighted by Gasteiger charge is 2.54. The van der Waals surface area contributed by atoms with Crippen LogP contribution in [-0.4, -0.2) is 92.6 Å². The molecule has 0 bridgehead atoms. The second-order valence-corrected chi connectivity index (χ2v) is 9.06. The van der Waals surface area contributed by atoms with Gasteiger partial charge in [-0.15, -0.1) is 11.8 Å². The number of nitrogens with one attached hydrogen (secondary N) is 2. The van der Waals surface area contributed by atoms with Gasteiger partial charge in [0.2, 0.25) is 0 Å². The van der Waals surface area contributed by atoms with Gasteiger partial charge in [-0.2, -0.15) is 0 Å². The molecule has 4 amide bonds. The number of thioether (sulfide) groups is 1. The van der Waals surface area contributed by atoms with E-state index < -0.39 is 72.7 Å². The normalized spacial score (nSPS) is 19.8. The lowest BCUT2D eigenvalue weighted by molar-refractivity contribution is -0.151. The molecule has 2 heterocycles. The zero-order chi connectivity index (χ0) is 28.1. The van der Waals surface area contributed by atoms with Crippen molar-refractivity contribution in [3.8, 4) is 0 Å². The Morgan fingerprint density at radius 2 is 1.79 bits per heavy atom. The highest BCUT2D eigenvalue weighted by atomic mass is 32.2. The number of anilines is 1. The van der Waals surface area contributed by atoms with Crippen LogP contribution in [-0.2, 0) is 28.7 Å². The zero-order valence-corrected chi connectivity index (χ0v) is 20.2. The average molecular weight is 554 g/mol. The fraction of sp³-hybridized carbons (Fsp3) is 0.333. The summed E-state index contributed by atoms with van der Waals surface area (Å²) in [4.78, 5) is 71.2.